The normalized spacial score (nSPS) is 20.2. The first-order valence-electron chi connectivity index (χ1n) is 10.1. The van der Waals surface area contributed by atoms with Gasteiger partial charge in [0.2, 0.25) is 11.7 Å². The van der Waals surface area contributed by atoms with Crippen LogP contribution in [0.5, 0.6) is 0 Å². The van der Waals surface area contributed by atoms with Gasteiger partial charge >= 0.3 is 0 Å². The van der Waals surface area contributed by atoms with E-state index in [1.807, 2.05) is 60.7 Å². The maximum atomic E-state index is 12.5. The zero-order valence-electron chi connectivity index (χ0n) is 16.3. The molecule has 0 bridgehead atoms. The summed E-state index contributed by atoms with van der Waals surface area (Å²) < 4.78 is 0. The molecular weight excluding hydrogens is 364 g/mol. The molecule has 0 spiro atoms. The van der Waals surface area contributed by atoms with Gasteiger partial charge in [0.25, 0.3) is 0 Å². The number of tetrazole rings is 1. The molecule has 4 rings (SSSR count). The number of nitrogens with one attached hydrogen (secondary N) is 1. The fourth-order valence-electron chi connectivity index (χ4n) is 3.80. The van der Waals surface area contributed by atoms with Crippen molar-refractivity contribution in [1.29, 1.82) is 0 Å². The summed E-state index contributed by atoms with van der Waals surface area (Å²) in [5.74, 6) is 0.565. The smallest absolute Gasteiger partial charge is 0.237 e. The molecule has 1 aromatic heterocycles. The van der Waals surface area contributed by atoms with Gasteiger partial charge in [-0.05, 0) is 42.9 Å². The Morgan fingerprint density at radius 2 is 1.69 bits per heavy atom. The SMILES string of the molecule is N[C@H](Cc1ccccc1)C(=O)NC1CCC(n2nnc(-c3ccccc3)n2)CC1. The molecule has 0 saturated heterocycles. The molecule has 3 aromatic rings. The lowest BCUT2D eigenvalue weighted by molar-refractivity contribution is -0.123. The molecule has 2 aromatic carbocycles. The highest BCUT2D eigenvalue weighted by atomic mass is 16.2. The molecule has 150 valence electrons. The maximum absolute atomic E-state index is 12.5. The summed E-state index contributed by atoms with van der Waals surface area (Å²) in [6.07, 6.45) is 4.13. The largest absolute Gasteiger partial charge is 0.352 e. The summed E-state index contributed by atoms with van der Waals surface area (Å²) in [6.45, 7) is 0. The van der Waals surface area contributed by atoms with E-state index in [1.54, 1.807) is 4.80 Å². The van der Waals surface area contributed by atoms with Gasteiger partial charge in [0.1, 0.15) is 0 Å². The average molecular weight is 390 g/mol. The molecule has 1 fully saturated rings. The fraction of sp³-hybridized carbons (Fsp3) is 0.364. The van der Waals surface area contributed by atoms with Gasteiger partial charge in [-0.25, -0.2) is 0 Å². The number of hydrogen-bond acceptors (Lipinski definition) is 5. The first-order valence-corrected chi connectivity index (χ1v) is 10.1. The number of nitrogens with two attached hydrogens (primary N) is 1. The number of aromatic nitrogens is 4. The molecule has 7 heteroatoms. The van der Waals surface area contributed by atoms with Gasteiger partial charge in [-0.3, -0.25) is 4.79 Å². The number of benzene rings is 2. The lowest BCUT2D eigenvalue weighted by Crippen LogP contribution is -2.47. The quantitative estimate of drug-likeness (QED) is 0.674. The summed E-state index contributed by atoms with van der Waals surface area (Å²) >= 11 is 0. The van der Waals surface area contributed by atoms with Crippen LogP contribution in [0.3, 0.4) is 0 Å². The van der Waals surface area contributed by atoms with Crippen molar-refractivity contribution in [2.45, 2.75) is 50.2 Å². The van der Waals surface area contributed by atoms with Crippen molar-refractivity contribution < 1.29 is 4.79 Å². The van der Waals surface area contributed by atoms with E-state index >= 15 is 0 Å². The van der Waals surface area contributed by atoms with Crippen LogP contribution in [0, 0.1) is 0 Å². The number of amides is 1. The lowest BCUT2D eigenvalue weighted by atomic mass is 9.91. The van der Waals surface area contributed by atoms with Crippen LogP contribution >= 0.6 is 0 Å². The minimum Gasteiger partial charge on any atom is -0.352 e. The van der Waals surface area contributed by atoms with Gasteiger partial charge in [0.15, 0.2) is 0 Å². The average Bonchev–Trinajstić information content (AvgIpc) is 3.26. The van der Waals surface area contributed by atoms with Crippen LogP contribution < -0.4 is 11.1 Å². The van der Waals surface area contributed by atoms with Crippen molar-refractivity contribution in [3.63, 3.8) is 0 Å². The summed E-state index contributed by atoms with van der Waals surface area (Å²) in [5.41, 5.74) is 8.14. The number of nitrogens with zero attached hydrogens (tertiary/aromatic N) is 4. The monoisotopic (exact) mass is 390 g/mol. The molecule has 0 aliphatic heterocycles. The third kappa shape index (κ3) is 4.86. The number of carbonyl (C=O) groups excluding carboxylic acids is 1. The Bertz CT molecular complexity index is 919. The second-order valence-corrected chi connectivity index (χ2v) is 7.61. The first-order chi connectivity index (χ1) is 14.2. The Hall–Kier alpha value is -3.06. The van der Waals surface area contributed by atoms with Crippen LogP contribution in [0.15, 0.2) is 60.7 Å². The Balaban J connectivity index is 1.27. The van der Waals surface area contributed by atoms with Gasteiger partial charge in [-0.1, -0.05) is 60.7 Å². The molecule has 29 heavy (non-hydrogen) atoms. The van der Waals surface area contributed by atoms with Gasteiger partial charge in [-0.2, -0.15) is 4.80 Å². The Labute approximate surface area is 170 Å². The number of hydrogen-bond donors (Lipinski definition) is 2. The molecule has 7 nitrogen and oxygen atoms in total. The van der Waals surface area contributed by atoms with Crippen LogP contribution in [0.1, 0.15) is 37.3 Å². The van der Waals surface area contributed by atoms with Crippen LogP contribution in [0.25, 0.3) is 11.4 Å². The van der Waals surface area contributed by atoms with Crippen LogP contribution in [-0.4, -0.2) is 38.2 Å². The number of rotatable bonds is 6. The molecule has 3 N–H and O–H groups in total. The number of carbonyl (C=O) groups is 1. The predicted molar refractivity (Wildman–Crippen MR) is 111 cm³/mol. The van der Waals surface area contributed by atoms with Crippen molar-refractivity contribution in [3.8, 4) is 11.4 Å². The van der Waals surface area contributed by atoms with Crippen molar-refractivity contribution in [2.75, 3.05) is 0 Å². The van der Waals surface area contributed by atoms with Crippen molar-refractivity contribution in [2.24, 2.45) is 5.73 Å². The van der Waals surface area contributed by atoms with E-state index in [4.69, 9.17) is 5.73 Å². The highest BCUT2D eigenvalue weighted by molar-refractivity contribution is 5.82. The van der Waals surface area contributed by atoms with Crippen LogP contribution in [-0.2, 0) is 11.2 Å². The highest BCUT2D eigenvalue weighted by Gasteiger charge is 2.26. The summed E-state index contributed by atoms with van der Waals surface area (Å²) in [7, 11) is 0. The van der Waals surface area contributed by atoms with E-state index in [-0.39, 0.29) is 18.0 Å². The summed E-state index contributed by atoms with van der Waals surface area (Å²) in [6, 6.07) is 19.6. The minimum absolute atomic E-state index is 0.0810. The lowest BCUT2D eigenvalue weighted by Gasteiger charge is -2.29. The molecule has 1 heterocycles. The Morgan fingerprint density at radius 3 is 2.38 bits per heavy atom. The van der Waals surface area contributed by atoms with E-state index in [9.17, 15) is 4.79 Å². The predicted octanol–water partition coefficient (Wildman–Crippen LogP) is 2.51. The van der Waals surface area contributed by atoms with Crippen molar-refractivity contribution in [3.05, 3.63) is 66.2 Å². The van der Waals surface area contributed by atoms with E-state index in [1.165, 1.54) is 0 Å². The Kier molecular flexibility index (Phi) is 5.95. The maximum Gasteiger partial charge on any atom is 0.237 e. The third-order valence-electron chi connectivity index (χ3n) is 5.47. The summed E-state index contributed by atoms with van der Waals surface area (Å²) in [5, 5.41) is 16.1. The molecule has 0 unspecified atom stereocenters. The zero-order valence-corrected chi connectivity index (χ0v) is 16.3. The minimum atomic E-state index is -0.527. The summed E-state index contributed by atoms with van der Waals surface area (Å²) in [4.78, 5) is 14.2. The van der Waals surface area contributed by atoms with Gasteiger partial charge < -0.3 is 11.1 Å². The Morgan fingerprint density at radius 1 is 1.03 bits per heavy atom. The van der Waals surface area contributed by atoms with Gasteiger partial charge in [-0.15, -0.1) is 10.2 Å². The molecule has 1 atom stereocenters. The molecular formula is C22H26N6O. The zero-order chi connectivity index (χ0) is 20.1. The molecule has 1 amide bonds. The molecule has 1 saturated carbocycles. The van der Waals surface area contributed by atoms with Crippen molar-refractivity contribution in [1.82, 2.24) is 25.5 Å². The van der Waals surface area contributed by atoms with E-state index in [2.05, 4.69) is 20.7 Å². The molecule has 1 aliphatic carbocycles. The fourth-order valence-corrected chi connectivity index (χ4v) is 3.80. The van der Waals surface area contributed by atoms with E-state index in [0.717, 1.165) is 36.8 Å². The van der Waals surface area contributed by atoms with E-state index < -0.39 is 6.04 Å². The van der Waals surface area contributed by atoms with Crippen LogP contribution in [0.2, 0.25) is 0 Å². The van der Waals surface area contributed by atoms with Crippen LogP contribution in [0.4, 0.5) is 0 Å². The first kappa shape index (κ1) is 19.3. The van der Waals surface area contributed by atoms with Gasteiger partial charge in [0, 0.05) is 11.6 Å². The molecule has 1 aliphatic rings. The second kappa shape index (κ2) is 8.96. The van der Waals surface area contributed by atoms with Crippen molar-refractivity contribution >= 4 is 5.91 Å². The van der Waals surface area contributed by atoms with Gasteiger partial charge in [0.05, 0.1) is 12.1 Å². The standard InChI is InChI=1S/C22H26N6O/c23-20(15-16-7-3-1-4-8-16)22(29)24-18-11-13-19(14-12-18)28-26-21(25-27-28)17-9-5-2-6-10-17/h1-10,18-20H,11-15,23H2,(H,24,29)/t18?,19?,20-/m1/s1. The second-order valence-electron chi connectivity index (χ2n) is 7.61. The molecule has 0 radical (unpaired) electrons. The highest BCUT2D eigenvalue weighted by Crippen LogP contribution is 2.28. The topological polar surface area (TPSA) is 98.7 Å². The van der Waals surface area contributed by atoms with E-state index in [0.29, 0.717) is 12.2 Å². The third-order valence-corrected chi connectivity index (χ3v) is 5.47.